The van der Waals surface area contributed by atoms with Crippen molar-refractivity contribution in [3.63, 3.8) is 0 Å². The van der Waals surface area contributed by atoms with Gasteiger partial charge < -0.3 is 10.6 Å². The van der Waals surface area contributed by atoms with E-state index in [1.165, 1.54) is 31.2 Å². The number of halogens is 3. The molecule has 0 aromatic heterocycles. The molecule has 126 valence electrons. The smallest absolute Gasteiger partial charge is 0.348 e. The fourth-order valence-electron chi connectivity index (χ4n) is 2.05. The maximum Gasteiger partial charge on any atom is 0.416 e. The van der Waals surface area contributed by atoms with Crippen molar-refractivity contribution in [3.05, 3.63) is 65.2 Å². The molecule has 0 aliphatic rings. The van der Waals surface area contributed by atoms with Crippen LogP contribution in [-0.4, -0.2) is 11.8 Å². The fraction of sp³-hybridized carbons (Fsp3) is 0.176. The highest BCUT2D eigenvalue weighted by molar-refractivity contribution is 5.95. The average Bonchev–Trinajstić information content (AvgIpc) is 2.52. The summed E-state index contributed by atoms with van der Waals surface area (Å²) in [6.45, 7) is 1.35. The summed E-state index contributed by atoms with van der Waals surface area (Å²) in [5.74, 6) is -0.640. The predicted octanol–water partition coefficient (Wildman–Crippen LogP) is 3.59. The molecule has 0 saturated heterocycles. The van der Waals surface area contributed by atoms with Crippen LogP contribution in [0.1, 0.15) is 28.4 Å². The highest BCUT2D eigenvalue weighted by Crippen LogP contribution is 2.29. The second kappa shape index (κ2) is 7.16. The lowest BCUT2D eigenvalue weighted by Crippen LogP contribution is -2.23. The lowest BCUT2D eigenvalue weighted by Gasteiger charge is -2.10. The van der Waals surface area contributed by atoms with Crippen LogP contribution in [0.5, 0.6) is 0 Å². The van der Waals surface area contributed by atoms with Gasteiger partial charge in [-0.3, -0.25) is 9.59 Å². The molecule has 0 bridgehead atoms. The van der Waals surface area contributed by atoms with E-state index in [1.54, 1.807) is 12.1 Å². The molecule has 2 rings (SSSR count). The van der Waals surface area contributed by atoms with Crippen LogP contribution < -0.4 is 10.6 Å². The van der Waals surface area contributed by atoms with Gasteiger partial charge in [-0.1, -0.05) is 12.1 Å². The molecule has 0 spiro atoms. The van der Waals surface area contributed by atoms with Crippen LogP contribution >= 0.6 is 0 Å². The van der Waals surface area contributed by atoms with E-state index in [1.807, 2.05) is 0 Å². The summed E-state index contributed by atoms with van der Waals surface area (Å²) in [5, 5.41) is 5.13. The molecule has 0 unspecified atom stereocenters. The molecule has 2 amide bonds. The van der Waals surface area contributed by atoms with E-state index in [2.05, 4.69) is 10.6 Å². The minimum absolute atomic E-state index is 0.0177. The summed E-state index contributed by atoms with van der Waals surface area (Å²) in [7, 11) is 0. The number of anilines is 1. The van der Waals surface area contributed by atoms with E-state index in [9.17, 15) is 22.8 Å². The number of amides is 2. The second-order valence-corrected chi connectivity index (χ2v) is 5.14. The Hall–Kier alpha value is -2.83. The second-order valence-electron chi connectivity index (χ2n) is 5.14. The molecule has 4 nitrogen and oxygen atoms in total. The summed E-state index contributed by atoms with van der Waals surface area (Å²) < 4.78 is 37.9. The summed E-state index contributed by atoms with van der Waals surface area (Å²) in [6, 6.07) is 11.0. The third-order valence-electron chi connectivity index (χ3n) is 3.17. The van der Waals surface area contributed by atoms with Crippen molar-refractivity contribution in [1.29, 1.82) is 0 Å². The minimum Gasteiger partial charge on any atom is -0.348 e. The van der Waals surface area contributed by atoms with Crippen molar-refractivity contribution in [2.45, 2.75) is 19.6 Å². The molecule has 2 aromatic rings. The minimum atomic E-state index is -4.42. The van der Waals surface area contributed by atoms with E-state index >= 15 is 0 Å². The molecule has 0 radical (unpaired) electrons. The normalized spacial score (nSPS) is 11.0. The van der Waals surface area contributed by atoms with Crippen LogP contribution in [0.15, 0.2) is 48.5 Å². The third kappa shape index (κ3) is 4.84. The van der Waals surface area contributed by atoms with Gasteiger partial charge in [0.15, 0.2) is 0 Å². The van der Waals surface area contributed by atoms with E-state index in [0.717, 1.165) is 12.1 Å². The van der Waals surface area contributed by atoms with Crippen molar-refractivity contribution in [2.75, 3.05) is 5.32 Å². The Labute approximate surface area is 136 Å². The predicted molar refractivity (Wildman–Crippen MR) is 83.4 cm³/mol. The number of benzene rings is 2. The third-order valence-corrected chi connectivity index (χ3v) is 3.17. The lowest BCUT2D eigenvalue weighted by molar-refractivity contribution is -0.137. The molecule has 2 N–H and O–H groups in total. The Morgan fingerprint density at radius 1 is 1.04 bits per heavy atom. The standard InChI is InChI=1S/C17H15F3N2O2/c1-11(23)22-15-7-5-13(6-8-15)16(24)21-10-12-3-2-4-14(9-12)17(18,19)20/h2-9H,10H2,1H3,(H,21,24)(H,22,23). The first-order chi connectivity index (χ1) is 11.3. The maximum absolute atomic E-state index is 12.6. The zero-order valence-corrected chi connectivity index (χ0v) is 12.8. The van der Waals surface area contributed by atoms with Crippen molar-refractivity contribution < 1.29 is 22.8 Å². The van der Waals surface area contributed by atoms with Gasteiger partial charge >= 0.3 is 6.18 Å². The zero-order valence-electron chi connectivity index (χ0n) is 12.8. The van der Waals surface area contributed by atoms with Gasteiger partial charge in [-0.2, -0.15) is 13.2 Å². The van der Waals surface area contributed by atoms with Crippen molar-refractivity contribution >= 4 is 17.5 Å². The summed E-state index contributed by atoms with van der Waals surface area (Å²) in [6.07, 6.45) is -4.42. The van der Waals surface area contributed by atoms with Gasteiger partial charge in [0.2, 0.25) is 5.91 Å². The highest BCUT2D eigenvalue weighted by atomic mass is 19.4. The number of carbonyl (C=O) groups is 2. The van der Waals surface area contributed by atoms with E-state index in [0.29, 0.717) is 16.8 Å². The number of hydrogen-bond donors (Lipinski definition) is 2. The molecule has 0 aliphatic carbocycles. The first-order valence-electron chi connectivity index (χ1n) is 7.08. The van der Waals surface area contributed by atoms with Gasteiger partial charge in [0.25, 0.3) is 5.91 Å². The molecular formula is C17H15F3N2O2. The van der Waals surface area contributed by atoms with Gasteiger partial charge in [0.05, 0.1) is 5.56 Å². The van der Waals surface area contributed by atoms with Gasteiger partial charge in [-0.25, -0.2) is 0 Å². The first-order valence-corrected chi connectivity index (χ1v) is 7.08. The van der Waals surface area contributed by atoms with E-state index in [4.69, 9.17) is 0 Å². The number of alkyl halides is 3. The van der Waals surface area contributed by atoms with Crippen molar-refractivity contribution in [1.82, 2.24) is 5.32 Å². The average molecular weight is 336 g/mol. The summed E-state index contributed by atoms with van der Waals surface area (Å²) >= 11 is 0. The summed E-state index contributed by atoms with van der Waals surface area (Å²) in [4.78, 5) is 22.9. The zero-order chi connectivity index (χ0) is 17.7. The maximum atomic E-state index is 12.6. The van der Waals surface area contributed by atoms with Gasteiger partial charge in [-0.05, 0) is 42.0 Å². The molecular weight excluding hydrogens is 321 g/mol. The van der Waals surface area contributed by atoms with E-state index in [-0.39, 0.29) is 12.5 Å². The number of rotatable bonds is 4. The number of carbonyl (C=O) groups excluding carboxylic acids is 2. The Bertz CT molecular complexity index is 740. The topological polar surface area (TPSA) is 58.2 Å². The van der Waals surface area contributed by atoms with E-state index < -0.39 is 17.6 Å². The molecule has 2 aromatic carbocycles. The number of hydrogen-bond acceptors (Lipinski definition) is 2. The number of nitrogens with one attached hydrogen (secondary N) is 2. The lowest BCUT2D eigenvalue weighted by atomic mass is 10.1. The van der Waals surface area contributed by atoms with Crippen LogP contribution in [0.4, 0.5) is 18.9 Å². The van der Waals surface area contributed by atoms with Crippen LogP contribution in [-0.2, 0) is 17.5 Å². The Morgan fingerprint density at radius 2 is 1.71 bits per heavy atom. The van der Waals surface area contributed by atoms with Crippen LogP contribution in [0, 0.1) is 0 Å². The molecule has 0 saturated carbocycles. The van der Waals surface area contributed by atoms with Crippen LogP contribution in [0.25, 0.3) is 0 Å². The molecule has 0 fully saturated rings. The quantitative estimate of drug-likeness (QED) is 0.896. The van der Waals surface area contributed by atoms with Crippen LogP contribution in [0.2, 0.25) is 0 Å². The highest BCUT2D eigenvalue weighted by Gasteiger charge is 2.30. The molecule has 0 heterocycles. The fourth-order valence-corrected chi connectivity index (χ4v) is 2.05. The largest absolute Gasteiger partial charge is 0.416 e. The van der Waals surface area contributed by atoms with Crippen molar-refractivity contribution in [3.8, 4) is 0 Å². The Balaban J connectivity index is 1.99. The van der Waals surface area contributed by atoms with Gasteiger partial charge in [-0.15, -0.1) is 0 Å². The van der Waals surface area contributed by atoms with Gasteiger partial charge in [0, 0.05) is 24.7 Å². The molecule has 24 heavy (non-hydrogen) atoms. The molecule has 0 atom stereocenters. The SMILES string of the molecule is CC(=O)Nc1ccc(C(=O)NCc2cccc(C(F)(F)F)c2)cc1. The van der Waals surface area contributed by atoms with Crippen LogP contribution in [0.3, 0.4) is 0 Å². The monoisotopic (exact) mass is 336 g/mol. The Kier molecular flexibility index (Phi) is 5.23. The summed E-state index contributed by atoms with van der Waals surface area (Å²) in [5.41, 5.74) is 0.495. The van der Waals surface area contributed by atoms with Crippen molar-refractivity contribution in [2.24, 2.45) is 0 Å². The van der Waals surface area contributed by atoms with Gasteiger partial charge in [0.1, 0.15) is 0 Å². The Morgan fingerprint density at radius 3 is 2.29 bits per heavy atom. The molecule has 7 heteroatoms. The molecule has 0 aliphatic heterocycles. The first kappa shape index (κ1) is 17.5.